The van der Waals surface area contributed by atoms with Gasteiger partial charge in [0.05, 0.1) is 19.8 Å². The van der Waals surface area contributed by atoms with Crippen molar-refractivity contribution in [2.24, 2.45) is 0 Å². The molecule has 3 rings (SSSR count). The fraction of sp³-hybridized carbons (Fsp3) is 0.300. The lowest BCUT2D eigenvalue weighted by Crippen LogP contribution is -2.33. The highest BCUT2D eigenvalue weighted by Crippen LogP contribution is 2.27. The van der Waals surface area contributed by atoms with Crippen LogP contribution in [0.3, 0.4) is 0 Å². The van der Waals surface area contributed by atoms with Crippen LogP contribution < -0.4 is 14.8 Å². The zero-order valence-corrected chi connectivity index (χ0v) is 14.7. The molecule has 0 saturated heterocycles. The summed E-state index contributed by atoms with van der Waals surface area (Å²) in [7, 11) is 3.00. The fourth-order valence-electron chi connectivity index (χ4n) is 2.51. The van der Waals surface area contributed by atoms with Crippen molar-refractivity contribution in [1.29, 1.82) is 0 Å². The summed E-state index contributed by atoms with van der Waals surface area (Å²) in [6.07, 6.45) is 0.893. The predicted molar refractivity (Wildman–Crippen MR) is 95.3 cm³/mol. The molecule has 0 aliphatic heterocycles. The Hall–Kier alpha value is -3.02. The summed E-state index contributed by atoms with van der Waals surface area (Å²) >= 11 is 0. The minimum Gasteiger partial charge on any atom is -0.497 e. The Morgan fingerprint density at radius 1 is 1.00 bits per heavy atom. The maximum absolute atomic E-state index is 12.7. The van der Waals surface area contributed by atoms with Crippen molar-refractivity contribution in [3.05, 3.63) is 59.7 Å². The van der Waals surface area contributed by atoms with Crippen LogP contribution in [0.25, 0.3) is 0 Å². The predicted octanol–water partition coefficient (Wildman–Crippen LogP) is 2.88. The molecule has 1 saturated carbocycles. The van der Waals surface area contributed by atoms with Crippen LogP contribution in [0.4, 0.5) is 0 Å². The third kappa shape index (κ3) is 4.33. The standard InChI is InChI=1S/C20H21NO5/c1-24-16-10-14(11-17(12-16)25-2)20(23)26-18(13-6-4-3-5-7-13)19(22)21-15-8-9-15/h3-7,10-12,15,18H,8-9H2,1-2H3,(H,21,22). The molecule has 1 aliphatic rings. The molecule has 2 aromatic carbocycles. The van der Waals surface area contributed by atoms with Gasteiger partial charge in [-0.25, -0.2) is 4.79 Å². The number of hydrogen-bond acceptors (Lipinski definition) is 5. The van der Waals surface area contributed by atoms with Crippen LogP contribution in [0.2, 0.25) is 0 Å². The van der Waals surface area contributed by atoms with Gasteiger partial charge in [0.1, 0.15) is 11.5 Å². The van der Waals surface area contributed by atoms with Crippen LogP contribution in [-0.4, -0.2) is 32.1 Å². The van der Waals surface area contributed by atoms with E-state index in [0.717, 1.165) is 12.8 Å². The summed E-state index contributed by atoms with van der Waals surface area (Å²) in [5.74, 6) is -0.00565. The van der Waals surface area contributed by atoms with Gasteiger partial charge in [-0.05, 0) is 25.0 Å². The first-order valence-corrected chi connectivity index (χ1v) is 8.40. The lowest BCUT2D eigenvalue weighted by molar-refractivity contribution is -0.130. The molecule has 1 aliphatic carbocycles. The molecule has 1 amide bonds. The largest absolute Gasteiger partial charge is 0.497 e. The summed E-state index contributed by atoms with van der Waals surface area (Å²) in [5.41, 5.74) is 0.871. The summed E-state index contributed by atoms with van der Waals surface area (Å²) in [5, 5.41) is 2.89. The Labute approximate surface area is 152 Å². The molecule has 0 heterocycles. The zero-order valence-electron chi connectivity index (χ0n) is 14.7. The van der Waals surface area contributed by atoms with Gasteiger partial charge in [0.2, 0.25) is 6.10 Å². The second kappa shape index (κ2) is 7.91. The van der Waals surface area contributed by atoms with E-state index in [0.29, 0.717) is 17.1 Å². The van der Waals surface area contributed by atoms with Crippen LogP contribution in [0.1, 0.15) is 34.9 Å². The SMILES string of the molecule is COc1cc(OC)cc(C(=O)OC(C(=O)NC2CC2)c2ccccc2)c1. The monoisotopic (exact) mass is 355 g/mol. The van der Waals surface area contributed by atoms with Crippen molar-refractivity contribution >= 4 is 11.9 Å². The van der Waals surface area contributed by atoms with Crippen molar-refractivity contribution in [3.63, 3.8) is 0 Å². The number of esters is 1. The number of hydrogen-bond donors (Lipinski definition) is 1. The van der Waals surface area contributed by atoms with E-state index in [2.05, 4.69) is 5.32 Å². The second-order valence-electron chi connectivity index (χ2n) is 6.08. The van der Waals surface area contributed by atoms with Gasteiger partial charge >= 0.3 is 5.97 Å². The topological polar surface area (TPSA) is 73.9 Å². The van der Waals surface area contributed by atoms with Crippen molar-refractivity contribution < 1.29 is 23.8 Å². The van der Waals surface area contributed by atoms with Crippen LogP contribution in [0.5, 0.6) is 11.5 Å². The van der Waals surface area contributed by atoms with E-state index in [1.54, 1.807) is 42.5 Å². The van der Waals surface area contributed by atoms with Gasteiger partial charge in [-0.3, -0.25) is 4.79 Å². The van der Waals surface area contributed by atoms with E-state index in [-0.39, 0.29) is 17.5 Å². The minimum absolute atomic E-state index is 0.171. The molecule has 6 nitrogen and oxygen atoms in total. The number of amides is 1. The molecule has 1 atom stereocenters. The zero-order chi connectivity index (χ0) is 18.5. The smallest absolute Gasteiger partial charge is 0.339 e. The van der Waals surface area contributed by atoms with Crippen molar-refractivity contribution in [3.8, 4) is 11.5 Å². The summed E-state index contributed by atoms with van der Waals surface area (Å²) in [6, 6.07) is 13.9. The number of carbonyl (C=O) groups excluding carboxylic acids is 2. The molecule has 1 unspecified atom stereocenters. The molecule has 0 spiro atoms. The maximum atomic E-state index is 12.7. The molecular weight excluding hydrogens is 334 g/mol. The van der Waals surface area contributed by atoms with Crippen LogP contribution in [-0.2, 0) is 9.53 Å². The molecule has 26 heavy (non-hydrogen) atoms. The molecule has 1 N–H and O–H groups in total. The molecule has 6 heteroatoms. The number of ether oxygens (including phenoxy) is 3. The molecular formula is C20H21NO5. The molecule has 0 radical (unpaired) electrons. The van der Waals surface area contributed by atoms with Gasteiger partial charge in [-0.2, -0.15) is 0 Å². The van der Waals surface area contributed by atoms with E-state index >= 15 is 0 Å². The maximum Gasteiger partial charge on any atom is 0.339 e. The molecule has 0 bridgehead atoms. The lowest BCUT2D eigenvalue weighted by Gasteiger charge is -2.18. The Morgan fingerprint density at radius 2 is 1.62 bits per heavy atom. The first-order chi connectivity index (χ1) is 12.6. The average molecular weight is 355 g/mol. The second-order valence-corrected chi connectivity index (χ2v) is 6.08. The van der Waals surface area contributed by atoms with Crippen molar-refractivity contribution in [1.82, 2.24) is 5.32 Å². The van der Waals surface area contributed by atoms with Gasteiger partial charge in [0.25, 0.3) is 5.91 Å². The summed E-state index contributed by atoms with van der Waals surface area (Å²) in [6.45, 7) is 0. The number of carbonyl (C=O) groups is 2. The Balaban J connectivity index is 1.83. The van der Waals surface area contributed by atoms with Crippen molar-refractivity contribution in [2.75, 3.05) is 14.2 Å². The highest BCUT2D eigenvalue weighted by atomic mass is 16.5. The van der Waals surface area contributed by atoms with Gasteiger partial charge in [-0.1, -0.05) is 30.3 Å². The number of rotatable bonds is 7. The number of methoxy groups -OCH3 is 2. The van der Waals surface area contributed by atoms with Gasteiger partial charge in [0, 0.05) is 17.7 Å². The normalized spacial score (nSPS) is 14.2. The minimum atomic E-state index is -1.01. The molecule has 136 valence electrons. The first kappa shape index (κ1) is 17.8. The quantitative estimate of drug-likeness (QED) is 0.773. The van der Waals surface area contributed by atoms with E-state index in [9.17, 15) is 9.59 Å². The molecule has 0 aromatic heterocycles. The summed E-state index contributed by atoms with van der Waals surface area (Å²) < 4.78 is 15.9. The molecule has 1 fully saturated rings. The Bertz CT molecular complexity index is 764. The van der Waals surface area contributed by atoms with E-state index < -0.39 is 12.1 Å². The van der Waals surface area contributed by atoms with Crippen molar-refractivity contribution in [2.45, 2.75) is 25.0 Å². The lowest BCUT2D eigenvalue weighted by atomic mass is 10.1. The molecule has 2 aromatic rings. The van der Waals surface area contributed by atoms with Crippen LogP contribution in [0, 0.1) is 0 Å². The van der Waals surface area contributed by atoms with Gasteiger partial charge in [0.15, 0.2) is 0 Å². The van der Waals surface area contributed by atoms with E-state index in [4.69, 9.17) is 14.2 Å². The van der Waals surface area contributed by atoms with Crippen LogP contribution >= 0.6 is 0 Å². The van der Waals surface area contributed by atoms with Gasteiger partial charge in [-0.15, -0.1) is 0 Å². The van der Waals surface area contributed by atoms with E-state index in [1.165, 1.54) is 14.2 Å². The van der Waals surface area contributed by atoms with E-state index in [1.807, 2.05) is 6.07 Å². The third-order valence-electron chi connectivity index (χ3n) is 4.08. The number of nitrogens with one attached hydrogen (secondary N) is 1. The fourth-order valence-corrected chi connectivity index (χ4v) is 2.51. The van der Waals surface area contributed by atoms with Gasteiger partial charge < -0.3 is 19.5 Å². The Morgan fingerprint density at radius 3 is 2.15 bits per heavy atom. The summed E-state index contributed by atoms with van der Waals surface area (Å²) in [4.78, 5) is 25.2. The average Bonchev–Trinajstić information content (AvgIpc) is 3.49. The highest BCUT2D eigenvalue weighted by Gasteiger charge is 2.31. The Kier molecular flexibility index (Phi) is 5.41. The van der Waals surface area contributed by atoms with Crippen LogP contribution in [0.15, 0.2) is 48.5 Å². The highest BCUT2D eigenvalue weighted by molar-refractivity contribution is 5.93. The first-order valence-electron chi connectivity index (χ1n) is 8.40. The third-order valence-corrected chi connectivity index (χ3v) is 4.08. The number of benzene rings is 2.